The van der Waals surface area contributed by atoms with E-state index in [1.807, 2.05) is 12.1 Å². The van der Waals surface area contributed by atoms with Gasteiger partial charge in [0.1, 0.15) is 5.75 Å². The van der Waals surface area contributed by atoms with Crippen molar-refractivity contribution in [3.8, 4) is 5.75 Å². The van der Waals surface area contributed by atoms with E-state index in [0.717, 1.165) is 31.9 Å². The lowest BCUT2D eigenvalue weighted by Gasteiger charge is -2.17. The summed E-state index contributed by atoms with van der Waals surface area (Å²) in [5, 5.41) is 3.59. The van der Waals surface area contributed by atoms with Gasteiger partial charge >= 0.3 is 0 Å². The van der Waals surface area contributed by atoms with Gasteiger partial charge in [0, 0.05) is 19.2 Å². The Morgan fingerprint density at radius 1 is 1.44 bits per heavy atom. The third kappa shape index (κ3) is 3.72. The fourth-order valence-corrected chi connectivity index (χ4v) is 2.39. The van der Waals surface area contributed by atoms with Crippen LogP contribution in [0.2, 0.25) is 0 Å². The van der Waals surface area contributed by atoms with Crippen LogP contribution in [-0.2, 0) is 11.2 Å². The Hall–Kier alpha value is -1.06. The van der Waals surface area contributed by atoms with E-state index in [4.69, 9.17) is 9.47 Å². The first kappa shape index (κ1) is 13.4. The van der Waals surface area contributed by atoms with Crippen LogP contribution in [-0.4, -0.2) is 32.9 Å². The zero-order chi connectivity index (χ0) is 12.8. The van der Waals surface area contributed by atoms with Crippen LogP contribution in [0.4, 0.5) is 0 Å². The molecule has 1 aromatic carbocycles. The van der Waals surface area contributed by atoms with Crippen LogP contribution in [0.25, 0.3) is 0 Å². The van der Waals surface area contributed by atoms with E-state index in [9.17, 15) is 0 Å². The van der Waals surface area contributed by atoms with Crippen LogP contribution < -0.4 is 10.1 Å². The van der Waals surface area contributed by atoms with Crippen molar-refractivity contribution in [3.63, 3.8) is 0 Å². The second kappa shape index (κ2) is 6.76. The molecule has 18 heavy (non-hydrogen) atoms. The van der Waals surface area contributed by atoms with Gasteiger partial charge in [-0.3, -0.25) is 0 Å². The van der Waals surface area contributed by atoms with Gasteiger partial charge in [-0.05, 0) is 37.3 Å². The number of hydrogen-bond donors (Lipinski definition) is 1. The van der Waals surface area contributed by atoms with E-state index >= 15 is 0 Å². The Labute approximate surface area is 109 Å². The molecule has 1 saturated heterocycles. The molecule has 1 N–H and O–H groups in total. The van der Waals surface area contributed by atoms with Gasteiger partial charge in [-0.25, -0.2) is 0 Å². The van der Waals surface area contributed by atoms with E-state index in [1.165, 1.54) is 12.0 Å². The summed E-state index contributed by atoms with van der Waals surface area (Å²) >= 11 is 0. The lowest BCUT2D eigenvalue weighted by atomic mass is 10.0. The molecule has 0 radical (unpaired) electrons. The molecule has 1 aromatic rings. The van der Waals surface area contributed by atoms with Gasteiger partial charge in [0.25, 0.3) is 0 Å². The Balaban J connectivity index is 1.80. The van der Waals surface area contributed by atoms with Crippen LogP contribution in [0.15, 0.2) is 24.3 Å². The first-order valence-electron chi connectivity index (χ1n) is 6.72. The molecule has 0 saturated carbocycles. The fraction of sp³-hybridized carbons (Fsp3) is 0.600. The van der Waals surface area contributed by atoms with Crippen molar-refractivity contribution in [3.05, 3.63) is 29.8 Å². The Morgan fingerprint density at radius 3 is 3.00 bits per heavy atom. The molecular formula is C15H23NO2. The predicted octanol–water partition coefficient (Wildman–Crippen LogP) is 2.25. The number of hydrogen-bond acceptors (Lipinski definition) is 3. The molecule has 1 heterocycles. The molecule has 1 fully saturated rings. The number of rotatable bonds is 6. The van der Waals surface area contributed by atoms with E-state index in [1.54, 1.807) is 7.11 Å². The van der Waals surface area contributed by atoms with Crippen molar-refractivity contribution in [2.45, 2.75) is 25.8 Å². The molecule has 100 valence electrons. The number of methoxy groups -OCH3 is 1. The topological polar surface area (TPSA) is 30.5 Å². The quantitative estimate of drug-likeness (QED) is 0.839. The maximum Gasteiger partial charge on any atom is 0.122 e. The largest absolute Gasteiger partial charge is 0.496 e. The molecule has 0 bridgehead atoms. The summed E-state index contributed by atoms with van der Waals surface area (Å²) in [6.07, 6.45) is 2.19. The van der Waals surface area contributed by atoms with Crippen LogP contribution in [0, 0.1) is 5.92 Å². The van der Waals surface area contributed by atoms with Gasteiger partial charge in [-0.15, -0.1) is 0 Å². The van der Waals surface area contributed by atoms with Crippen molar-refractivity contribution in [1.82, 2.24) is 5.32 Å². The third-order valence-corrected chi connectivity index (χ3v) is 3.50. The van der Waals surface area contributed by atoms with Gasteiger partial charge < -0.3 is 14.8 Å². The van der Waals surface area contributed by atoms with E-state index in [2.05, 4.69) is 24.4 Å². The Morgan fingerprint density at radius 2 is 2.28 bits per heavy atom. The standard InChI is InChI=1S/C15H23NO2/c1-12(16-10-13-7-8-18-11-13)9-14-5-3-4-6-15(14)17-2/h3-6,12-13,16H,7-11H2,1-2H3. The monoisotopic (exact) mass is 249 g/mol. The van der Waals surface area contributed by atoms with Crippen molar-refractivity contribution in [2.24, 2.45) is 5.92 Å². The van der Waals surface area contributed by atoms with Crippen LogP contribution in [0.5, 0.6) is 5.75 Å². The molecule has 0 aromatic heterocycles. The van der Waals surface area contributed by atoms with Gasteiger partial charge in [-0.2, -0.15) is 0 Å². The van der Waals surface area contributed by atoms with Crippen LogP contribution >= 0.6 is 0 Å². The lowest BCUT2D eigenvalue weighted by Crippen LogP contribution is -2.33. The normalized spacial score (nSPS) is 20.9. The highest BCUT2D eigenvalue weighted by molar-refractivity contribution is 5.33. The third-order valence-electron chi connectivity index (χ3n) is 3.50. The number of benzene rings is 1. The second-order valence-corrected chi connectivity index (χ2v) is 5.05. The van der Waals surface area contributed by atoms with E-state index in [0.29, 0.717) is 12.0 Å². The Kier molecular flexibility index (Phi) is 5.02. The minimum absolute atomic E-state index is 0.460. The van der Waals surface area contributed by atoms with E-state index < -0.39 is 0 Å². The molecule has 0 aliphatic carbocycles. The van der Waals surface area contributed by atoms with Crippen molar-refractivity contribution >= 4 is 0 Å². The zero-order valence-electron chi connectivity index (χ0n) is 11.3. The van der Waals surface area contributed by atoms with Crippen LogP contribution in [0.1, 0.15) is 18.9 Å². The smallest absolute Gasteiger partial charge is 0.122 e. The molecular weight excluding hydrogens is 226 g/mol. The fourth-order valence-electron chi connectivity index (χ4n) is 2.39. The number of ether oxygens (including phenoxy) is 2. The summed E-state index contributed by atoms with van der Waals surface area (Å²) in [6.45, 7) is 5.11. The summed E-state index contributed by atoms with van der Waals surface area (Å²) in [4.78, 5) is 0. The molecule has 1 aliphatic rings. The molecule has 3 heteroatoms. The Bertz CT molecular complexity index is 361. The highest BCUT2D eigenvalue weighted by Crippen LogP contribution is 2.19. The van der Waals surface area contributed by atoms with Crippen molar-refractivity contribution in [2.75, 3.05) is 26.9 Å². The lowest BCUT2D eigenvalue weighted by molar-refractivity contribution is 0.184. The van der Waals surface area contributed by atoms with E-state index in [-0.39, 0.29) is 0 Å². The van der Waals surface area contributed by atoms with Gasteiger partial charge in [0.05, 0.1) is 13.7 Å². The number of para-hydroxylation sites is 1. The molecule has 0 amide bonds. The summed E-state index contributed by atoms with van der Waals surface area (Å²) in [7, 11) is 1.73. The summed E-state index contributed by atoms with van der Waals surface area (Å²) < 4.78 is 10.8. The highest BCUT2D eigenvalue weighted by atomic mass is 16.5. The summed E-state index contributed by atoms with van der Waals surface area (Å²) in [6, 6.07) is 8.69. The molecule has 2 rings (SSSR count). The molecule has 2 atom stereocenters. The summed E-state index contributed by atoms with van der Waals surface area (Å²) in [5.74, 6) is 1.67. The highest BCUT2D eigenvalue weighted by Gasteiger charge is 2.16. The SMILES string of the molecule is COc1ccccc1CC(C)NCC1CCOC1. The maximum absolute atomic E-state index is 5.38. The molecule has 0 spiro atoms. The molecule has 3 nitrogen and oxygen atoms in total. The van der Waals surface area contributed by atoms with Crippen LogP contribution in [0.3, 0.4) is 0 Å². The average molecular weight is 249 g/mol. The zero-order valence-corrected chi connectivity index (χ0v) is 11.3. The number of nitrogens with one attached hydrogen (secondary N) is 1. The first-order chi connectivity index (χ1) is 8.79. The van der Waals surface area contributed by atoms with Gasteiger partial charge in [0.15, 0.2) is 0 Å². The molecule has 2 unspecified atom stereocenters. The first-order valence-corrected chi connectivity index (χ1v) is 6.72. The molecule has 1 aliphatic heterocycles. The van der Waals surface area contributed by atoms with Crippen molar-refractivity contribution in [1.29, 1.82) is 0 Å². The second-order valence-electron chi connectivity index (χ2n) is 5.05. The summed E-state index contributed by atoms with van der Waals surface area (Å²) in [5.41, 5.74) is 1.27. The minimum Gasteiger partial charge on any atom is -0.496 e. The van der Waals surface area contributed by atoms with Gasteiger partial charge in [-0.1, -0.05) is 18.2 Å². The average Bonchev–Trinajstić information content (AvgIpc) is 2.90. The minimum atomic E-state index is 0.460. The van der Waals surface area contributed by atoms with Crippen molar-refractivity contribution < 1.29 is 9.47 Å². The maximum atomic E-state index is 5.38. The predicted molar refractivity (Wildman–Crippen MR) is 73.1 cm³/mol. The van der Waals surface area contributed by atoms with Gasteiger partial charge in [0.2, 0.25) is 0 Å².